The number of anilines is 2. The Morgan fingerprint density at radius 1 is 1.06 bits per heavy atom. The van der Waals surface area contributed by atoms with Crippen LogP contribution in [-0.4, -0.2) is 32.8 Å². The summed E-state index contributed by atoms with van der Waals surface area (Å²) in [7, 11) is -7.37. The highest BCUT2D eigenvalue weighted by Gasteiger charge is 2.26. The summed E-state index contributed by atoms with van der Waals surface area (Å²) < 4.78 is 52.1. The molecule has 0 bridgehead atoms. The Balaban J connectivity index is 1.48. The molecule has 13 heteroatoms. The number of primary sulfonamides is 1. The molecule has 1 fully saturated rings. The van der Waals surface area contributed by atoms with Gasteiger partial charge in [0.1, 0.15) is 0 Å². The number of nitrogens with one attached hydrogen (secondary N) is 3. The summed E-state index contributed by atoms with van der Waals surface area (Å²) >= 11 is 6.29. The van der Waals surface area contributed by atoms with Gasteiger partial charge >= 0.3 is 0 Å². The van der Waals surface area contributed by atoms with Crippen molar-refractivity contribution in [2.45, 2.75) is 30.3 Å². The molecule has 0 saturated heterocycles. The Bertz CT molecular complexity index is 1380. The number of sulfonamides is 1. The minimum Gasteiger partial charge on any atom is -0.324 e. The average molecular weight is 509 g/mol. The number of hydrogen-bond donors (Lipinski definition) is 4. The Hall–Kier alpha value is -2.61. The molecule has 1 aliphatic carbocycles. The summed E-state index contributed by atoms with van der Waals surface area (Å²) in [6, 6.07) is 13.1. The van der Waals surface area contributed by atoms with E-state index in [1.54, 1.807) is 36.4 Å². The lowest BCUT2D eigenvalue weighted by atomic mass is 10.1. The zero-order valence-corrected chi connectivity index (χ0v) is 19.6. The van der Waals surface area contributed by atoms with Gasteiger partial charge in [-0.05, 0) is 36.6 Å². The van der Waals surface area contributed by atoms with E-state index in [1.165, 1.54) is 18.3 Å². The average Bonchev–Trinajstić information content (AvgIpc) is 3.57. The molecule has 33 heavy (non-hydrogen) atoms. The molecule has 0 aliphatic heterocycles. The van der Waals surface area contributed by atoms with Crippen molar-refractivity contribution in [1.82, 2.24) is 19.4 Å². The molecule has 0 unspecified atom stereocenters. The summed E-state index contributed by atoms with van der Waals surface area (Å²) in [6.45, 7) is 0.146. The fraction of sp³-hybridized carbons (Fsp3) is 0.200. The van der Waals surface area contributed by atoms with E-state index in [1.807, 2.05) is 0 Å². The molecule has 10 nitrogen and oxygen atoms in total. The van der Waals surface area contributed by atoms with Crippen LogP contribution in [0.15, 0.2) is 59.6 Å². The molecule has 0 radical (unpaired) electrons. The van der Waals surface area contributed by atoms with Crippen molar-refractivity contribution in [3.8, 4) is 11.3 Å². The second kappa shape index (κ2) is 9.33. The molecule has 1 saturated carbocycles. The first-order valence-electron chi connectivity index (χ1n) is 9.88. The third kappa shape index (κ3) is 6.47. The van der Waals surface area contributed by atoms with E-state index in [2.05, 4.69) is 24.7 Å². The lowest BCUT2D eigenvalue weighted by Crippen LogP contribution is -2.37. The number of hydrogen-bond acceptors (Lipinski definition) is 7. The lowest BCUT2D eigenvalue weighted by Gasteiger charge is -2.10. The molecular formula is C20H21ClN6O4S2. The van der Waals surface area contributed by atoms with Crippen molar-refractivity contribution in [1.29, 1.82) is 0 Å². The molecular weight excluding hydrogens is 488 g/mol. The van der Waals surface area contributed by atoms with Crippen LogP contribution in [0.3, 0.4) is 0 Å². The van der Waals surface area contributed by atoms with Gasteiger partial charge in [-0.3, -0.25) is 0 Å². The van der Waals surface area contributed by atoms with Crippen molar-refractivity contribution < 1.29 is 16.8 Å². The summed E-state index contributed by atoms with van der Waals surface area (Å²) in [6.07, 6.45) is 3.16. The van der Waals surface area contributed by atoms with E-state index in [0.717, 1.165) is 18.4 Å². The zero-order valence-electron chi connectivity index (χ0n) is 17.2. The summed E-state index contributed by atoms with van der Waals surface area (Å²) in [5, 5.41) is 8.43. The minimum atomic E-state index is -3.85. The topological polar surface area (TPSA) is 156 Å². The number of benzene rings is 2. The number of nitrogens with zero attached hydrogens (tertiary/aromatic N) is 2. The molecule has 4 rings (SSSR count). The quantitative estimate of drug-likeness (QED) is 0.345. The van der Waals surface area contributed by atoms with Gasteiger partial charge in [-0.1, -0.05) is 41.9 Å². The van der Waals surface area contributed by atoms with E-state index in [9.17, 15) is 16.8 Å². The normalized spacial score (nSPS) is 14.2. The first kappa shape index (κ1) is 23.5. The third-order valence-corrected chi connectivity index (χ3v) is 7.11. The SMILES string of the molecule is NS(=O)(=O)c1cccc(Nc2ncc(Cl)c(-c3ccc(CNS(=O)(=O)NC4CC4)cc3)n2)c1. The van der Waals surface area contributed by atoms with Crippen LogP contribution < -0.4 is 19.9 Å². The van der Waals surface area contributed by atoms with Crippen LogP contribution in [0.2, 0.25) is 5.02 Å². The van der Waals surface area contributed by atoms with Crippen LogP contribution in [0.25, 0.3) is 11.3 Å². The summed E-state index contributed by atoms with van der Waals surface area (Å²) in [5.41, 5.74) is 2.37. The Kier molecular flexibility index (Phi) is 6.66. The summed E-state index contributed by atoms with van der Waals surface area (Å²) in [5.74, 6) is 0.212. The second-order valence-corrected chi connectivity index (χ2v) is 11.0. The van der Waals surface area contributed by atoms with Crippen molar-refractivity contribution >= 4 is 43.5 Å². The molecule has 5 N–H and O–H groups in total. The highest BCUT2D eigenvalue weighted by molar-refractivity contribution is 7.89. The van der Waals surface area contributed by atoms with Gasteiger partial charge in [0, 0.05) is 23.8 Å². The van der Waals surface area contributed by atoms with E-state index >= 15 is 0 Å². The van der Waals surface area contributed by atoms with Crippen molar-refractivity contribution in [2.75, 3.05) is 5.32 Å². The van der Waals surface area contributed by atoms with Crippen LogP contribution in [0.4, 0.5) is 11.6 Å². The van der Waals surface area contributed by atoms with Gasteiger partial charge in [-0.15, -0.1) is 0 Å². The molecule has 0 atom stereocenters. The fourth-order valence-electron chi connectivity index (χ4n) is 2.93. The van der Waals surface area contributed by atoms with Crippen molar-refractivity contribution in [3.05, 3.63) is 65.3 Å². The maximum atomic E-state index is 11.9. The highest BCUT2D eigenvalue weighted by Crippen LogP contribution is 2.28. The Morgan fingerprint density at radius 2 is 1.79 bits per heavy atom. The maximum absolute atomic E-state index is 11.9. The number of aromatic nitrogens is 2. The predicted octanol–water partition coefficient (Wildman–Crippen LogP) is 2.27. The Morgan fingerprint density at radius 3 is 2.45 bits per heavy atom. The number of nitrogens with two attached hydrogens (primary N) is 1. The third-order valence-electron chi connectivity index (χ3n) is 4.76. The smallest absolute Gasteiger partial charge is 0.277 e. The molecule has 3 aromatic rings. The van der Waals surface area contributed by atoms with Gasteiger partial charge in [0.25, 0.3) is 10.2 Å². The molecule has 1 heterocycles. The molecule has 1 aromatic heterocycles. The van der Waals surface area contributed by atoms with Crippen LogP contribution in [0.5, 0.6) is 0 Å². The van der Waals surface area contributed by atoms with Crippen molar-refractivity contribution in [3.63, 3.8) is 0 Å². The molecule has 1 aliphatic rings. The maximum Gasteiger partial charge on any atom is 0.277 e. The first-order valence-corrected chi connectivity index (χ1v) is 13.3. The van der Waals surface area contributed by atoms with Gasteiger partial charge in [-0.2, -0.15) is 17.9 Å². The van der Waals surface area contributed by atoms with Crippen molar-refractivity contribution in [2.24, 2.45) is 5.14 Å². The van der Waals surface area contributed by atoms with Gasteiger partial charge in [0.05, 0.1) is 21.8 Å². The molecule has 174 valence electrons. The molecule has 0 spiro atoms. The monoisotopic (exact) mass is 508 g/mol. The first-order chi connectivity index (χ1) is 15.6. The minimum absolute atomic E-state index is 0.0368. The van der Waals surface area contributed by atoms with Crippen LogP contribution in [0.1, 0.15) is 18.4 Å². The van der Waals surface area contributed by atoms with E-state index in [0.29, 0.717) is 22.0 Å². The number of halogens is 1. The van der Waals surface area contributed by atoms with Crippen LogP contribution in [-0.2, 0) is 26.8 Å². The largest absolute Gasteiger partial charge is 0.324 e. The second-order valence-electron chi connectivity index (χ2n) is 7.50. The highest BCUT2D eigenvalue weighted by atomic mass is 35.5. The standard InChI is InChI=1S/C20H21ClN6O4S2/c21-18-12-23-20(25-16-2-1-3-17(10-16)32(22,28)29)26-19(18)14-6-4-13(5-7-14)11-24-33(30,31)27-15-8-9-15/h1-7,10,12,15,24,27H,8-9,11H2,(H2,22,28,29)(H,23,25,26). The predicted molar refractivity (Wildman–Crippen MR) is 125 cm³/mol. The van der Waals surface area contributed by atoms with E-state index < -0.39 is 20.2 Å². The molecule has 2 aromatic carbocycles. The number of rotatable bonds is 9. The zero-order chi connectivity index (χ0) is 23.6. The molecule has 0 amide bonds. The Labute approximate surface area is 196 Å². The van der Waals surface area contributed by atoms with Gasteiger partial charge in [0.2, 0.25) is 16.0 Å². The van der Waals surface area contributed by atoms with Gasteiger partial charge in [0.15, 0.2) is 0 Å². The van der Waals surface area contributed by atoms with Gasteiger partial charge < -0.3 is 5.32 Å². The fourth-order valence-corrected chi connectivity index (χ4v) is 4.80. The lowest BCUT2D eigenvalue weighted by molar-refractivity contribution is 0.565. The van der Waals surface area contributed by atoms with Crippen LogP contribution >= 0.6 is 11.6 Å². The van der Waals surface area contributed by atoms with Crippen LogP contribution in [0, 0.1) is 0 Å². The summed E-state index contributed by atoms with van der Waals surface area (Å²) in [4.78, 5) is 8.52. The van der Waals surface area contributed by atoms with E-state index in [4.69, 9.17) is 16.7 Å². The van der Waals surface area contributed by atoms with E-state index in [-0.39, 0.29) is 23.4 Å². The van der Waals surface area contributed by atoms with Gasteiger partial charge in [-0.25, -0.2) is 23.5 Å².